The van der Waals surface area contributed by atoms with Crippen LogP contribution in [0.3, 0.4) is 0 Å². The van der Waals surface area contributed by atoms with Gasteiger partial charge in [-0.05, 0) is 25.6 Å². The monoisotopic (exact) mass is 175 g/mol. The van der Waals surface area contributed by atoms with Crippen LogP contribution >= 0.6 is 0 Å². The summed E-state index contributed by atoms with van der Waals surface area (Å²) in [6.07, 6.45) is 3.03. The first-order valence-electron chi connectivity index (χ1n) is 4.36. The third kappa shape index (κ3) is 6.60. The van der Waals surface area contributed by atoms with Gasteiger partial charge in [0.25, 0.3) is 0 Å². The molecule has 0 aromatic rings. The van der Waals surface area contributed by atoms with Crippen molar-refractivity contribution < 1.29 is 15.2 Å². The predicted octanol–water partition coefficient (Wildman–Crippen LogP) is -0.662. The number of nitrogens with two attached hydrogens (primary N) is 1. The van der Waals surface area contributed by atoms with Crippen molar-refractivity contribution in [3.05, 3.63) is 0 Å². The molecule has 1 fully saturated rings. The normalized spacial score (nSPS) is 27.8. The highest BCUT2D eigenvalue weighted by Crippen LogP contribution is 2.15. The number of hydrogen-bond acceptors (Lipinski definition) is 4. The van der Waals surface area contributed by atoms with Crippen LogP contribution in [0.1, 0.15) is 26.2 Å². The molecule has 72 valence electrons. The van der Waals surface area contributed by atoms with Crippen molar-refractivity contribution in [2.45, 2.75) is 44.7 Å². The van der Waals surface area contributed by atoms with Gasteiger partial charge in [0, 0.05) is 6.04 Å². The summed E-state index contributed by atoms with van der Waals surface area (Å²) in [5, 5.41) is 24.7. The van der Waals surface area contributed by atoms with E-state index in [1.165, 1.54) is 0 Å². The lowest BCUT2D eigenvalue weighted by Crippen LogP contribution is -2.15. The van der Waals surface area contributed by atoms with Gasteiger partial charge in [-0.15, -0.1) is 0 Å². The van der Waals surface area contributed by atoms with E-state index in [0.29, 0.717) is 6.32 Å². The van der Waals surface area contributed by atoms with Crippen LogP contribution in [0.2, 0.25) is 6.32 Å². The van der Waals surface area contributed by atoms with E-state index in [1.807, 2.05) is 0 Å². The molecule has 1 saturated carbocycles. The molecule has 0 bridgehead atoms. The van der Waals surface area contributed by atoms with Gasteiger partial charge in [0.2, 0.25) is 0 Å². The van der Waals surface area contributed by atoms with Gasteiger partial charge in [-0.1, -0.05) is 6.92 Å². The Hall–Kier alpha value is -0.0951. The predicted molar refractivity (Wildman–Crippen MR) is 48.5 cm³/mol. The molecular weight excluding hydrogens is 157 g/mol. The molecule has 4 nitrogen and oxygen atoms in total. The van der Waals surface area contributed by atoms with E-state index in [4.69, 9.17) is 20.9 Å². The summed E-state index contributed by atoms with van der Waals surface area (Å²) < 4.78 is 0. The van der Waals surface area contributed by atoms with Crippen LogP contribution in [0.15, 0.2) is 0 Å². The maximum absolute atomic E-state index is 8.82. The van der Waals surface area contributed by atoms with Crippen LogP contribution in [0.5, 0.6) is 0 Å². The Labute approximate surface area is 73.5 Å². The molecule has 0 aliphatic heterocycles. The van der Waals surface area contributed by atoms with Crippen molar-refractivity contribution in [2.24, 2.45) is 5.73 Å². The maximum atomic E-state index is 8.82. The highest BCUT2D eigenvalue weighted by atomic mass is 16.4. The molecule has 1 rings (SSSR count). The summed E-state index contributed by atoms with van der Waals surface area (Å²) in [4.78, 5) is 0. The molecule has 0 amide bonds. The molecule has 0 radical (unpaired) electrons. The molecule has 5 N–H and O–H groups in total. The first-order chi connectivity index (χ1) is 5.56. The van der Waals surface area contributed by atoms with E-state index in [1.54, 1.807) is 6.92 Å². The van der Waals surface area contributed by atoms with Gasteiger partial charge < -0.3 is 20.9 Å². The Bertz CT molecular complexity index is 105. The maximum Gasteiger partial charge on any atom is 0.451 e. The molecule has 0 heterocycles. The second kappa shape index (κ2) is 6.42. The minimum atomic E-state index is -1.12. The summed E-state index contributed by atoms with van der Waals surface area (Å²) >= 11 is 0. The SMILES string of the molecule is CCB(O)O.N[C@H]1CC[C@@H](O)C1. The molecule has 1 aliphatic carbocycles. The number of aliphatic hydroxyl groups excluding tert-OH is 1. The van der Waals surface area contributed by atoms with Gasteiger partial charge in [-0.2, -0.15) is 0 Å². The van der Waals surface area contributed by atoms with Crippen molar-refractivity contribution in [2.75, 3.05) is 0 Å². The fraction of sp³-hybridized carbons (Fsp3) is 1.00. The lowest BCUT2D eigenvalue weighted by Gasteiger charge is -1.96. The summed E-state index contributed by atoms with van der Waals surface area (Å²) in [7, 11) is -1.12. The number of hydrogen-bond donors (Lipinski definition) is 4. The number of rotatable bonds is 1. The van der Waals surface area contributed by atoms with E-state index < -0.39 is 7.12 Å². The largest absolute Gasteiger partial charge is 0.451 e. The van der Waals surface area contributed by atoms with Crippen LogP contribution in [-0.4, -0.2) is 34.4 Å². The van der Waals surface area contributed by atoms with Gasteiger partial charge in [-0.3, -0.25) is 0 Å². The highest BCUT2D eigenvalue weighted by Gasteiger charge is 2.18. The van der Waals surface area contributed by atoms with Crippen LogP contribution in [-0.2, 0) is 0 Å². The zero-order valence-electron chi connectivity index (χ0n) is 7.48. The second-order valence-corrected chi connectivity index (χ2v) is 3.12. The Morgan fingerprint density at radius 3 is 2.00 bits per heavy atom. The second-order valence-electron chi connectivity index (χ2n) is 3.12. The summed E-state index contributed by atoms with van der Waals surface area (Å²) in [5.41, 5.74) is 5.47. The quantitative estimate of drug-likeness (QED) is 0.398. The molecule has 0 aromatic heterocycles. The van der Waals surface area contributed by atoms with Gasteiger partial charge in [0.1, 0.15) is 0 Å². The van der Waals surface area contributed by atoms with Gasteiger partial charge in [0.05, 0.1) is 6.10 Å². The van der Waals surface area contributed by atoms with Crippen LogP contribution in [0.25, 0.3) is 0 Å². The molecule has 5 heteroatoms. The summed E-state index contributed by atoms with van der Waals surface area (Å²) in [6.45, 7) is 1.70. The van der Waals surface area contributed by atoms with Gasteiger partial charge in [-0.25, -0.2) is 0 Å². The molecule has 1 aliphatic rings. The van der Waals surface area contributed by atoms with E-state index in [-0.39, 0.29) is 12.1 Å². The lowest BCUT2D eigenvalue weighted by atomic mass is 9.88. The molecule has 0 unspecified atom stereocenters. The first kappa shape index (κ1) is 11.9. The smallest absolute Gasteiger partial charge is 0.427 e. The third-order valence-electron chi connectivity index (χ3n) is 1.81. The van der Waals surface area contributed by atoms with E-state index in [2.05, 4.69) is 0 Å². The topological polar surface area (TPSA) is 86.7 Å². The van der Waals surface area contributed by atoms with Gasteiger partial charge in [0.15, 0.2) is 0 Å². The average Bonchev–Trinajstić information content (AvgIpc) is 2.36. The third-order valence-corrected chi connectivity index (χ3v) is 1.81. The Kier molecular flexibility index (Phi) is 6.37. The zero-order chi connectivity index (χ0) is 9.56. The van der Waals surface area contributed by atoms with Crippen molar-refractivity contribution >= 4 is 7.12 Å². The van der Waals surface area contributed by atoms with Crippen LogP contribution < -0.4 is 5.73 Å². The Balaban J connectivity index is 0.000000217. The van der Waals surface area contributed by atoms with Crippen LogP contribution in [0, 0.1) is 0 Å². The van der Waals surface area contributed by atoms with Crippen molar-refractivity contribution in [3.8, 4) is 0 Å². The summed E-state index contributed by atoms with van der Waals surface area (Å²) in [5.74, 6) is 0. The number of aliphatic hydroxyl groups is 1. The van der Waals surface area contributed by atoms with Crippen molar-refractivity contribution in [1.29, 1.82) is 0 Å². The highest BCUT2D eigenvalue weighted by molar-refractivity contribution is 6.40. The van der Waals surface area contributed by atoms with Crippen molar-refractivity contribution in [3.63, 3.8) is 0 Å². The van der Waals surface area contributed by atoms with Gasteiger partial charge >= 0.3 is 7.12 Å². The van der Waals surface area contributed by atoms with E-state index >= 15 is 0 Å². The van der Waals surface area contributed by atoms with Crippen LogP contribution in [0.4, 0.5) is 0 Å². The standard InChI is InChI=1S/C5H11NO.C2H7BO2/c6-4-1-2-5(7)3-4;1-2-3(4)5/h4-5,7H,1-3,6H2;4-5H,2H2,1H3/t4-,5+;/m0./s1. The molecular formula is C7H18BNO3. The summed E-state index contributed by atoms with van der Waals surface area (Å²) in [6, 6.07) is 0.273. The first-order valence-corrected chi connectivity index (χ1v) is 4.36. The Morgan fingerprint density at radius 2 is 1.92 bits per heavy atom. The fourth-order valence-corrected chi connectivity index (χ4v) is 0.992. The lowest BCUT2D eigenvalue weighted by molar-refractivity contribution is 0.181. The molecule has 0 spiro atoms. The van der Waals surface area contributed by atoms with Crippen molar-refractivity contribution in [1.82, 2.24) is 0 Å². The fourth-order valence-electron chi connectivity index (χ4n) is 0.992. The molecule has 0 saturated heterocycles. The minimum Gasteiger partial charge on any atom is -0.427 e. The zero-order valence-corrected chi connectivity index (χ0v) is 7.48. The molecule has 0 aromatic carbocycles. The molecule has 12 heavy (non-hydrogen) atoms. The average molecular weight is 175 g/mol. The molecule has 2 atom stereocenters. The Morgan fingerprint density at radius 1 is 1.42 bits per heavy atom. The van der Waals surface area contributed by atoms with E-state index in [9.17, 15) is 0 Å². The van der Waals surface area contributed by atoms with E-state index in [0.717, 1.165) is 19.3 Å². The minimum absolute atomic E-state index is 0.102.